The average molecular weight is 172 g/mol. The number of nitrogens with zero attached hydrogens (tertiary/aromatic N) is 2. The van der Waals surface area contributed by atoms with E-state index in [1.165, 1.54) is 0 Å². The Morgan fingerprint density at radius 2 is 2.46 bits per heavy atom. The van der Waals surface area contributed by atoms with Crippen molar-refractivity contribution in [2.45, 2.75) is 6.42 Å². The van der Waals surface area contributed by atoms with Gasteiger partial charge in [-0.2, -0.15) is 5.26 Å². The molecule has 0 spiro atoms. The van der Waals surface area contributed by atoms with E-state index < -0.39 is 0 Å². The zero-order chi connectivity index (χ0) is 9.52. The molecular formula is C10H8N2O. The summed E-state index contributed by atoms with van der Waals surface area (Å²) in [7, 11) is 1.56. The van der Waals surface area contributed by atoms with Gasteiger partial charge in [0.2, 0.25) is 0 Å². The van der Waals surface area contributed by atoms with Crippen molar-refractivity contribution in [2.75, 3.05) is 7.11 Å². The van der Waals surface area contributed by atoms with Crippen molar-refractivity contribution in [1.29, 1.82) is 5.26 Å². The van der Waals surface area contributed by atoms with Gasteiger partial charge in [0, 0.05) is 6.20 Å². The van der Waals surface area contributed by atoms with Gasteiger partial charge < -0.3 is 4.74 Å². The maximum Gasteiger partial charge on any atom is 0.155 e. The van der Waals surface area contributed by atoms with Crippen LogP contribution in [0.3, 0.4) is 0 Å². The highest BCUT2D eigenvalue weighted by atomic mass is 16.5. The lowest BCUT2D eigenvalue weighted by atomic mass is 10.3. The van der Waals surface area contributed by atoms with Crippen LogP contribution in [-0.2, 0) is 0 Å². The summed E-state index contributed by atoms with van der Waals surface area (Å²) < 4.78 is 5.03. The Balaban J connectivity index is 2.90. The van der Waals surface area contributed by atoms with Gasteiger partial charge in [0.1, 0.15) is 0 Å². The fraction of sp³-hybridized carbons (Fsp3) is 0.200. The van der Waals surface area contributed by atoms with E-state index in [0.717, 1.165) is 0 Å². The van der Waals surface area contributed by atoms with Gasteiger partial charge >= 0.3 is 0 Å². The van der Waals surface area contributed by atoms with Crippen LogP contribution in [-0.4, -0.2) is 12.1 Å². The highest BCUT2D eigenvalue weighted by molar-refractivity contribution is 5.40. The molecule has 1 aromatic rings. The largest absolute Gasteiger partial charge is 0.494 e. The number of aromatic nitrogens is 1. The van der Waals surface area contributed by atoms with Crippen LogP contribution in [0.25, 0.3) is 0 Å². The normalized spacial score (nSPS) is 8.00. The Kier molecular flexibility index (Phi) is 3.35. The van der Waals surface area contributed by atoms with Crippen molar-refractivity contribution in [3.8, 4) is 23.7 Å². The molecular weight excluding hydrogens is 164 g/mol. The summed E-state index contributed by atoms with van der Waals surface area (Å²) in [4.78, 5) is 4.01. The summed E-state index contributed by atoms with van der Waals surface area (Å²) in [5.41, 5.74) is 0.570. The van der Waals surface area contributed by atoms with Crippen molar-refractivity contribution in [3.05, 3.63) is 24.0 Å². The van der Waals surface area contributed by atoms with Crippen LogP contribution < -0.4 is 4.74 Å². The minimum Gasteiger partial charge on any atom is -0.494 e. The summed E-state index contributed by atoms with van der Waals surface area (Å²) in [6, 6.07) is 5.49. The second-order valence-electron chi connectivity index (χ2n) is 2.19. The number of ether oxygens (including phenoxy) is 1. The van der Waals surface area contributed by atoms with E-state index in [1.807, 2.05) is 6.07 Å². The second-order valence-corrected chi connectivity index (χ2v) is 2.19. The molecule has 0 aromatic carbocycles. The predicted molar refractivity (Wildman–Crippen MR) is 47.9 cm³/mol. The van der Waals surface area contributed by atoms with Crippen molar-refractivity contribution < 1.29 is 4.74 Å². The van der Waals surface area contributed by atoms with Crippen molar-refractivity contribution in [2.24, 2.45) is 0 Å². The molecule has 0 fully saturated rings. The third-order valence-corrected chi connectivity index (χ3v) is 1.36. The highest BCUT2D eigenvalue weighted by Crippen LogP contribution is 2.12. The van der Waals surface area contributed by atoms with Crippen LogP contribution in [0.5, 0.6) is 5.75 Å². The van der Waals surface area contributed by atoms with Crippen LogP contribution in [0, 0.1) is 23.2 Å². The van der Waals surface area contributed by atoms with Crippen molar-refractivity contribution >= 4 is 0 Å². The van der Waals surface area contributed by atoms with Crippen LogP contribution >= 0.6 is 0 Å². The van der Waals surface area contributed by atoms with E-state index in [-0.39, 0.29) is 6.42 Å². The molecule has 1 rings (SSSR count). The van der Waals surface area contributed by atoms with E-state index in [9.17, 15) is 0 Å². The van der Waals surface area contributed by atoms with E-state index >= 15 is 0 Å². The zero-order valence-electron chi connectivity index (χ0n) is 7.24. The van der Waals surface area contributed by atoms with Gasteiger partial charge in [-0.1, -0.05) is 5.92 Å². The third kappa shape index (κ3) is 2.50. The predicted octanol–water partition coefficient (Wildman–Crippen LogP) is 1.36. The Morgan fingerprint density at radius 1 is 1.62 bits per heavy atom. The summed E-state index contributed by atoms with van der Waals surface area (Å²) in [5, 5.41) is 8.27. The van der Waals surface area contributed by atoms with Gasteiger partial charge in [-0.05, 0) is 18.1 Å². The van der Waals surface area contributed by atoms with Gasteiger partial charge in [0.25, 0.3) is 0 Å². The second kappa shape index (κ2) is 4.79. The molecule has 64 valence electrons. The fourth-order valence-corrected chi connectivity index (χ4v) is 0.817. The number of pyridine rings is 1. The number of methoxy groups -OCH3 is 1. The molecule has 0 aliphatic rings. The molecule has 1 heterocycles. The van der Waals surface area contributed by atoms with Gasteiger partial charge in [0.15, 0.2) is 11.4 Å². The summed E-state index contributed by atoms with van der Waals surface area (Å²) in [6.07, 6.45) is 1.85. The number of rotatable bonds is 1. The van der Waals surface area contributed by atoms with Crippen molar-refractivity contribution in [1.82, 2.24) is 4.98 Å². The monoisotopic (exact) mass is 172 g/mol. The molecule has 0 aliphatic carbocycles. The zero-order valence-corrected chi connectivity index (χ0v) is 7.24. The first-order valence-corrected chi connectivity index (χ1v) is 3.73. The van der Waals surface area contributed by atoms with Gasteiger partial charge in [-0.25, -0.2) is 4.98 Å². The molecule has 1 aromatic heterocycles. The van der Waals surface area contributed by atoms with E-state index in [4.69, 9.17) is 10.00 Å². The Hall–Kier alpha value is -2.00. The van der Waals surface area contributed by atoms with Crippen LogP contribution in [0.2, 0.25) is 0 Å². The van der Waals surface area contributed by atoms with E-state index in [2.05, 4.69) is 16.8 Å². The molecule has 3 nitrogen and oxygen atoms in total. The van der Waals surface area contributed by atoms with Crippen LogP contribution in [0.1, 0.15) is 12.1 Å². The molecule has 0 N–H and O–H groups in total. The molecule has 0 aliphatic heterocycles. The van der Waals surface area contributed by atoms with E-state index in [1.54, 1.807) is 25.4 Å². The molecule has 3 heteroatoms. The number of hydrogen-bond donors (Lipinski definition) is 0. The summed E-state index contributed by atoms with van der Waals surface area (Å²) in [5.74, 6) is 6.06. The number of hydrogen-bond acceptors (Lipinski definition) is 3. The molecule has 0 bridgehead atoms. The number of nitriles is 1. The third-order valence-electron chi connectivity index (χ3n) is 1.36. The molecule has 0 saturated heterocycles. The fourth-order valence-electron chi connectivity index (χ4n) is 0.817. The average Bonchev–Trinajstić information content (AvgIpc) is 2.19. The molecule has 0 amide bonds. The van der Waals surface area contributed by atoms with E-state index in [0.29, 0.717) is 11.4 Å². The summed E-state index contributed by atoms with van der Waals surface area (Å²) in [6.45, 7) is 0. The standard InChI is InChI=1S/C10H8N2O/c1-13-10-6-4-8-12-9(10)5-2-3-7-11/h4,6,8H,3H2,1H3. The smallest absolute Gasteiger partial charge is 0.155 e. The van der Waals surface area contributed by atoms with Crippen molar-refractivity contribution in [3.63, 3.8) is 0 Å². The van der Waals surface area contributed by atoms with Gasteiger partial charge in [0.05, 0.1) is 19.6 Å². The molecule has 0 saturated carbocycles. The minimum absolute atomic E-state index is 0.208. The van der Waals surface area contributed by atoms with Gasteiger partial charge in [-0.3, -0.25) is 0 Å². The first kappa shape index (κ1) is 9.09. The minimum atomic E-state index is 0.208. The molecule has 0 atom stereocenters. The first-order valence-electron chi connectivity index (χ1n) is 3.73. The molecule has 13 heavy (non-hydrogen) atoms. The lowest BCUT2D eigenvalue weighted by Crippen LogP contribution is -1.89. The molecule has 0 radical (unpaired) electrons. The van der Waals surface area contributed by atoms with Crippen LogP contribution in [0.15, 0.2) is 18.3 Å². The quantitative estimate of drug-likeness (QED) is 0.601. The maximum absolute atomic E-state index is 8.27. The SMILES string of the molecule is COc1cccnc1C#CCC#N. The Morgan fingerprint density at radius 3 is 3.15 bits per heavy atom. The highest BCUT2D eigenvalue weighted by Gasteiger charge is 1.97. The molecule has 0 unspecified atom stereocenters. The summed E-state index contributed by atoms with van der Waals surface area (Å²) >= 11 is 0. The Bertz CT molecular complexity index is 382. The Labute approximate surface area is 77.0 Å². The maximum atomic E-state index is 8.27. The lowest BCUT2D eigenvalue weighted by Gasteiger charge is -1.99. The topological polar surface area (TPSA) is 45.9 Å². The van der Waals surface area contributed by atoms with Gasteiger partial charge in [-0.15, -0.1) is 0 Å². The van der Waals surface area contributed by atoms with Crippen LogP contribution in [0.4, 0.5) is 0 Å². The lowest BCUT2D eigenvalue weighted by molar-refractivity contribution is 0.411. The first-order chi connectivity index (χ1) is 6.38.